The van der Waals surface area contributed by atoms with Crippen molar-refractivity contribution in [3.63, 3.8) is 0 Å². The molecule has 0 saturated carbocycles. The molecule has 0 unspecified atom stereocenters. The van der Waals surface area contributed by atoms with Gasteiger partial charge in [0.2, 0.25) is 10.0 Å². The molecule has 1 aromatic carbocycles. The summed E-state index contributed by atoms with van der Waals surface area (Å²) in [5, 5.41) is 3.50. The van der Waals surface area contributed by atoms with Crippen molar-refractivity contribution in [1.82, 2.24) is 10.0 Å². The number of benzene rings is 1. The molecule has 0 aliphatic rings. The van der Waals surface area contributed by atoms with Crippen LogP contribution in [-0.2, 0) is 14.8 Å². The number of hydrogen-bond donors (Lipinski definition) is 2. The molecule has 0 amide bonds. The van der Waals surface area contributed by atoms with E-state index in [0.29, 0.717) is 36.8 Å². The van der Waals surface area contributed by atoms with Crippen LogP contribution in [0.1, 0.15) is 5.56 Å². The van der Waals surface area contributed by atoms with Crippen LogP contribution in [0.15, 0.2) is 23.1 Å². The summed E-state index contributed by atoms with van der Waals surface area (Å²) in [5.74, 6) is 0. The van der Waals surface area contributed by atoms with Crippen LogP contribution in [-0.4, -0.2) is 41.8 Å². The number of nitrogens with one attached hydrogen (secondary N) is 2. The first-order valence-corrected chi connectivity index (χ1v) is 7.79. The number of ether oxygens (including phenoxy) is 1. The van der Waals surface area contributed by atoms with Crippen LogP contribution in [0.2, 0.25) is 5.02 Å². The van der Waals surface area contributed by atoms with Gasteiger partial charge in [0.15, 0.2) is 0 Å². The van der Waals surface area contributed by atoms with Crippen molar-refractivity contribution < 1.29 is 13.2 Å². The summed E-state index contributed by atoms with van der Waals surface area (Å²) in [6.45, 7) is 3.84. The zero-order valence-electron chi connectivity index (χ0n) is 11.5. The molecule has 8 heteroatoms. The van der Waals surface area contributed by atoms with Crippen molar-refractivity contribution in [2.45, 2.75) is 11.8 Å². The number of rotatable bonds is 8. The molecule has 0 aromatic heterocycles. The summed E-state index contributed by atoms with van der Waals surface area (Å²) in [6.07, 6.45) is 0. The average molecular weight is 343 g/mol. The lowest BCUT2D eigenvalue weighted by Crippen LogP contribution is -2.33. The van der Waals surface area contributed by atoms with Gasteiger partial charge in [-0.3, -0.25) is 0 Å². The van der Waals surface area contributed by atoms with E-state index in [-0.39, 0.29) is 17.3 Å². The Labute approximate surface area is 131 Å². The Morgan fingerprint density at radius 2 is 1.95 bits per heavy atom. The molecule has 0 fully saturated rings. The third kappa shape index (κ3) is 5.95. The van der Waals surface area contributed by atoms with Crippen LogP contribution in [0.25, 0.3) is 0 Å². The number of halogens is 2. The molecule has 20 heavy (non-hydrogen) atoms. The van der Waals surface area contributed by atoms with Crippen LogP contribution in [0.3, 0.4) is 0 Å². The maximum absolute atomic E-state index is 12.1. The topological polar surface area (TPSA) is 67.4 Å². The van der Waals surface area contributed by atoms with Gasteiger partial charge in [-0.25, -0.2) is 13.1 Å². The maximum Gasteiger partial charge on any atom is 0.240 e. The first-order valence-electron chi connectivity index (χ1n) is 5.93. The van der Waals surface area contributed by atoms with E-state index in [1.54, 1.807) is 32.2 Å². The molecule has 0 heterocycles. The SMILES string of the molecule is COCCNCCNS(=O)(=O)c1cccc(Cl)c1C.Cl. The molecule has 0 saturated heterocycles. The van der Waals surface area contributed by atoms with E-state index in [9.17, 15) is 8.42 Å². The van der Waals surface area contributed by atoms with E-state index >= 15 is 0 Å². The highest BCUT2D eigenvalue weighted by Crippen LogP contribution is 2.22. The summed E-state index contributed by atoms with van der Waals surface area (Å²) in [7, 11) is -1.89. The largest absolute Gasteiger partial charge is 0.383 e. The number of sulfonamides is 1. The highest BCUT2D eigenvalue weighted by Gasteiger charge is 2.17. The predicted molar refractivity (Wildman–Crippen MR) is 83.4 cm³/mol. The second-order valence-corrected chi connectivity index (χ2v) is 6.15. The molecule has 116 valence electrons. The molecule has 5 nitrogen and oxygen atoms in total. The van der Waals surface area contributed by atoms with Gasteiger partial charge < -0.3 is 10.1 Å². The lowest BCUT2D eigenvalue weighted by Gasteiger charge is -2.10. The van der Waals surface area contributed by atoms with Crippen LogP contribution in [0.5, 0.6) is 0 Å². The number of hydrogen-bond acceptors (Lipinski definition) is 4. The van der Waals surface area contributed by atoms with Crippen LogP contribution in [0, 0.1) is 6.92 Å². The monoisotopic (exact) mass is 342 g/mol. The van der Waals surface area contributed by atoms with Crippen LogP contribution < -0.4 is 10.0 Å². The molecular weight excluding hydrogens is 323 g/mol. The Morgan fingerprint density at radius 3 is 2.60 bits per heavy atom. The standard InChI is InChI=1S/C12H19ClN2O3S.ClH/c1-10-11(13)4-3-5-12(10)19(16,17)15-7-6-14-8-9-18-2;/h3-5,14-15H,6-9H2,1-2H3;1H. The zero-order chi connectivity index (χ0) is 14.3. The quantitative estimate of drug-likeness (QED) is 0.704. The third-order valence-electron chi connectivity index (χ3n) is 2.58. The van der Waals surface area contributed by atoms with E-state index in [1.165, 1.54) is 0 Å². The van der Waals surface area contributed by atoms with Gasteiger partial charge in [-0.05, 0) is 24.6 Å². The van der Waals surface area contributed by atoms with E-state index in [1.807, 2.05) is 0 Å². The van der Waals surface area contributed by atoms with E-state index < -0.39 is 10.0 Å². The van der Waals surface area contributed by atoms with Gasteiger partial charge in [0.25, 0.3) is 0 Å². The highest BCUT2D eigenvalue weighted by atomic mass is 35.5. The van der Waals surface area contributed by atoms with Gasteiger partial charge in [-0.15, -0.1) is 12.4 Å². The maximum atomic E-state index is 12.1. The van der Waals surface area contributed by atoms with Gasteiger partial charge in [0.05, 0.1) is 11.5 Å². The van der Waals surface area contributed by atoms with Gasteiger partial charge in [-0.2, -0.15) is 0 Å². The Bertz CT molecular complexity index is 509. The van der Waals surface area contributed by atoms with E-state index in [4.69, 9.17) is 16.3 Å². The minimum Gasteiger partial charge on any atom is -0.383 e. The fraction of sp³-hybridized carbons (Fsp3) is 0.500. The second kappa shape index (κ2) is 9.55. The predicted octanol–water partition coefficient (Wildman–Crippen LogP) is 1.58. The summed E-state index contributed by atoms with van der Waals surface area (Å²) in [6, 6.07) is 4.84. The molecular formula is C12H20Cl2N2O3S. The number of methoxy groups -OCH3 is 1. The minimum atomic E-state index is -3.51. The molecule has 1 aromatic rings. The Kier molecular flexibility index (Phi) is 9.37. The molecule has 0 spiro atoms. The Balaban J connectivity index is 0.00000361. The van der Waals surface area contributed by atoms with E-state index in [2.05, 4.69) is 10.0 Å². The fourth-order valence-corrected chi connectivity index (χ4v) is 3.06. The fourth-order valence-electron chi connectivity index (χ4n) is 1.53. The molecule has 0 bridgehead atoms. The first kappa shape index (κ1) is 19.6. The molecule has 1 rings (SSSR count). The van der Waals surface area contributed by atoms with Gasteiger partial charge >= 0.3 is 0 Å². The van der Waals surface area contributed by atoms with Gasteiger partial charge in [0.1, 0.15) is 0 Å². The van der Waals surface area contributed by atoms with E-state index in [0.717, 1.165) is 0 Å². The third-order valence-corrected chi connectivity index (χ3v) is 4.60. The average Bonchev–Trinajstić information content (AvgIpc) is 2.36. The first-order chi connectivity index (χ1) is 8.99. The van der Waals surface area contributed by atoms with Crippen molar-refractivity contribution in [2.24, 2.45) is 0 Å². The lowest BCUT2D eigenvalue weighted by atomic mass is 10.2. The van der Waals surface area contributed by atoms with Gasteiger partial charge in [0, 0.05) is 31.8 Å². The highest BCUT2D eigenvalue weighted by molar-refractivity contribution is 7.89. The summed E-state index contributed by atoms with van der Waals surface area (Å²) >= 11 is 5.92. The zero-order valence-corrected chi connectivity index (χ0v) is 13.9. The van der Waals surface area contributed by atoms with Crippen LogP contribution >= 0.6 is 24.0 Å². The van der Waals surface area contributed by atoms with Crippen molar-refractivity contribution in [2.75, 3.05) is 33.4 Å². The van der Waals surface area contributed by atoms with Crippen molar-refractivity contribution in [3.05, 3.63) is 28.8 Å². The molecule has 0 radical (unpaired) electrons. The lowest BCUT2D eigenvalue weighted by molar-refractivity contribution is 0.199. The molecule has 0 aliphatic heterocycles. The molecule has 0 atom stereocenters. The normalized spacial score (nSPS) is 11.2. The Hall–Kier alpha value is -0.370. The second-order valence-electron chi connectivity index (χ2n) is 4.00. The van der Waals surface area contributed by atoms with Crippen molar-refractivity contribution in [1.29, 1.82) is 0 Å². The smallest absolute Gasteiger partial charge is 0.240 e. The Morgan fingerprint density at radius 1 is 1.25 bits per heavy atom. The van der Waals surface area contributed by atoms with Crippen molar-refractivity contribution >= 4 is 34.0 Å². The van der Waals surface area contributed by atoms with Crippen LogP contribution in [0.4, 0.5) is 0 Å². The summed E-state index contributed by atoms with van der Waals surface area (Å²) < 4.78 is 31.5. The summed E-state index contributed by atoms with van der Waals surface area (Å²) in [4.78, 5) is 0.219. The van der Waals surface area contributed by atoms with Gasteiger partial charge in [-0.1, -0.05) is 17.7 Å². The molecule has 2 N–H and O–H groups in total. The summed E-state index contributed by atoms with van der Waals surface area (Å²) in [5.41, 5.74) is 0.559. The van der Waals surface area contributed by atoms with Crippen molar-refractivity contribution in [3.8, 4) is 0 Å². The minimum absolute atomic E-state index is 0. The molecule has 0 aliphatic carbocycles.